The minimum Gasteiger partial charge on any atom is -0.489 e. The summed E-state index contributed by atoms with van der Waals surface area (Å²) in [4.78, 5) is 11.8. The Kier molecular flexibility index (Phi) is 8.67. The molecule has 0 saturated heterocycles. The molecule has 4 heteroatoms. The zero-order valence-corrected chi connectivity index (χ0v) is 21.7. The third kappa shape index (κ3) is 7.59. The predicted molar refractivity (Wildman–Crippen MR) is 153 cm³/mol. The summed E-state index contributed by atoms with van der Waals surface area (Å²) in [5, 5.41) is 0. The molecule has 5 aromatic carbocycles. The molecule has 0 fully saturated rings. The number of hydrogen-bond acceptors (Lipinski definition) is 4. The van der Waals surface area contributed by atoms with E-state index in [9.17, 15) is 4.79 Å². The molecule has 0 N–H and O–H groups in total. The van der Waals surface area contributed by atoms with Crippen LogP contribution >= 0.6 is 0 Å². The minimum absolute atomic E-state index is 0.394. The molecular weight excluding hydrogens is 484 g/mol. The molecule has 0 saturated carbocycles. The van der Waals surface area contributed by atoms with Crippen LogP contribution in [-0.2, 0) is 26.2 Å². The third-order valence-electron chi connectivity index (χ3n) is 6.34. The third-order valence-corrected chi connectivity index (χ3v) is 6.34. The molecule has 0 atom stereocenters. The molecule has 0 aliphatic heterocycles. The second-order valence-corrected chi connectivity index (χ2v) is 9.29. The summed E-state index contributed by atoms with van der Waals surface area (Å²) in [6, 6.07) is 41.7. The molecule has 0 aliphatic carbocycles. The van der Waals surface area contributed by atoms with Crippen LogP contribution in [0.2, 0.25) is 0 Å². The maximum absolute atomic E-state index is 11.8. The number of carbonyl (C=O) groups excluding carboxylic acids is 1. The van der Waals surface area contributed by atoms with Gasteiger partial charge in [-0.05, 0) is 76.7 Å². The van der Waals surface area contributed by atoms with Crippen molar-refractivity contribution in [3.05, 3.63) is 161 Å². The number of ether oxygens (including phenoxy) is 3. The molecule has 0 radical (unpaired) electrons. The maximum Gasteiger partial charge on any atom is 0.150 e. The summed E-state index contributed by atoms with van der Waals surface area (Å²) in [5.41, 5.74) is 5.85. The zero-order chi connectivity index (χ0) is 26.7. The van der Waals surface area contributed by atoms with Gasteiger partial charge in [-0.25, -0.2) is 0 Å². The Bertz CT molecular complexity index is 1500. The minimum atomic E-state index is 0.394. The van der Waals surface area contributed by atoms with Crippen molar-refractivity contribution in [2.75, 3.05) is 0 Å². The van der Waals surface area contributed by atoms with Crippen LogP contribution in [-0.4, -0.2) is 6.29 Å². The normalized spacial score (nSPS) is 10.6. The summed E-state index contributed by atoms with van der Waals surface area (Å²) in [5.74, 6) is 2.31. The lowest BCUT2D eigenvalue weighted by Crippen LogP contribution is -2.01. The summed E-state index contributed by atoms with van der Waals surface area (Å²) in [6.45, 7) is 1.41. The van der Waals surface area contributed by atoms with E-state index in [-0.39, 0.29) is 0 Å². The Balaban J connectivity index is 1.21. The number of rotatable bonds is 12. The van der Waals surface area contributed by atoms with Crippen LogP contribution < -0.4 is 14.2 Å². The molecule has 0 amide bonds. The van der Waals surface area contributed by atoms with Crippen molar-refractivity contribution in [1.29, 1.82) is 0 Å². The SMILES string of the molecule is O=Cc1ccc(OCc2cccc(OCc3ccccc3)c2)cc1Cc1cccc(OCc2ccccc2)c1. The van der Waals surface area contributed by atoms with Crippen LogP contribution in [0.1, 0.15) is 38.2 Å². The zero-order valence-electron chi connectivity index (χ0n) is 21.7. The highest BCUT2D eigenvalue weighted by Gasteiger charge is 2.08. The van der Waals surface area contributed by atoms with Gasteiger partial charge < -0.3 is 14.2 Å². The first-order valence-electron chi connectivity index (χ1n) is 13.0. The Morgan fingerprint density at radius 3 is 1.54 bits per heavy atom. The first-order chi connectivity index (χ1) is 19.2. The summed E-state index contributed by atoms with van der Waals surface area (Å²) in [7, 11) is 0. The van der Waals surface area contributed by atoms with Crippen LogP contribution in [0.15, 0.2) is 127 Å². The van der Waals surface area contributed by atoms with Gasteiger partial charge in [0.05, 0.1) is 0 Å². The highest BCUT2D eigenvalue weighted by Crippen LogP contribution is 2.24. The largest absolute Gasteiger partial charge is 0.489 e. The van der Waals surface area contributed by atoms with E-state index in [1.54, 1.807) is 0 Å². The van der Waals surface area contributed by atoms with Gasteiger partial charge in [-0.15, -0.1) is 0 Å². The molecule has 0 bridgehead atoms. The van der Waals surface area contributed by atoms with Gasteiger partial charge in [0.1, 0.15) is 43.4 Å². The first kappa shape index (κ1) is 25.8. The molecule has 0 aliphatic rings. The van der Waals surface area contributed by atoms with Crippen molar-refractivity contribution in [1.82, 2.24) is 0 Å². The fourth-order valence-corrected chi connectivity index (χ4v) is 4.28. The highest BCUT2D eigenvalue weighted by atomic mass is 16.5. The van der Waals surface area contributed by atoms with Crippen molar-refractivity contribution >= 4 is 6.29 Å². The smallest absolute Gasteiger partial charge is 0.150 e. The molecule has 0 heterocycles. The molecule has 194 valence electrons. The molecule has 4 nitrogen and oxygen atoms in total. The standard InChI is InChI=1S/C35H30O4/c36-23-31-17-18-35(39-26-30-14-8-16-34(21-30)38-25-28-11-5-2-6-12-28)22-32(31)19-29-13-7-15-33(20-29)37-24-27-9-3-1-4-10-27/h1-18,20-23H,19,24-26H2. The van der Waals surface area contributed by atoms with Crippen molar-refractivity contribution in [2.45, 2.75) is 26.2 Å². The average Bonchev–Trinajstić information content (AvgIpc) is 2.99. The van der Waals surface area contributed by atoms with E-state index in [0.29, 0.717) is 37.6 Å². The highest BCUT2D eigenvalue weighted by molar-refractivity contribution is 5.78. The van der Waals surface area contributed by atoms with Gasteiger partial charge in [0.15, 0.2) is 0 Å². The van der Waals surface area contributed by atoms with E-state index < -0.39 is 0 Å². The Morgan fingerprint density at radius 2 is 0.949 bits per heavy atom. The molecule has 0 spiro atoms. The fourth-order valence-electron chi connectivity index (χ4n) is 4.28. The van der Waals surface area contributed by atoms with Gasteiger partial charge in [0.25, 0.3) is 0 Å². The van der Waals surface area contributed by atoms with Crippen LogP contribution in [0.4, 0.5) is 0 Å². The molecule has 39 heavy (non-hydrogen) atoms. The van der Waals surface area contributed by atoms with Gasteiger partial charge in [-0.2, -0.15) is 0 Å². The second kappa shape index (κ2) is 13.1. The van der Waals surface area contributed by atoms with Gasteiger partial charge >= 0.3 is 0 Å². The monoisotopic (exact) mass is 514 g/mol. The number of benzene rings is 5. The quantitative estimate of drug-likeness (QED) is 0.159. The number of carbonyl (C=O) groups is 1. The lowest BCUT2D eigenvalue weighted by atomic mass is 10.00. The number of aldehydes is 1. The summed E-state index contributed by atoms with van der Waals surface area (Å²) in [6.07, 6.45) is 1.49. The van der Waals surface area contributed by atoms with E-state index in [1.165, 1.54) is 0 Å². The van der Waals surface area contributed by atoms with E-state index in [4.69, 9.17) is 14.2 Å². The number of hydrogen-bond donors (Lipinski definition) is 0. The molecule has 0 aromatic heterocycles. The lowest BCUT2D eigenvalue weighted by Gasteiger charge is -2.12. The summed E-state index contributed by atoms with van der Waals surface area (Å²) < 4.78 is 18.0. The Hall–Kier alpha value is -4.83. The fraction of sp³-hybridized carbons (Fsp3) is 0.114. The maximum atomic E-state index is 11.8. The van der Waals surface area contributed by atoms with Crippen LogP contribution in [0.25, 0.3) is 0 Å². The van der Waals surface area contributed by atoms with Crippen molar-refractivity contribution in [3.63, 3.8) is 0 Å². The van der Waals surface area contributed by atoms with Gasteiger partial charge in [-0.1, -0.05) is 84.9 Å². The first-order valence-corrected chi connectivity index (χ1v) is 13.0. The van der Waals surface area contributed by atoms with Crippen molar-refractivity contribution in [3.8, 4) is 17.2 Å². The van der Waals surface area contributed by atoms with Gasteiger partial charge in [-0.3, -0.25) is 4.79 Å². The van der Waals surface area contributed by atoms with Crippen LogP contribution in [0, 0.1) is 0 Å². The van der Waals surface area contributed by atoms with E-state index in [0.717, 1.165) is 45.6 Å². The Morgan fingerprint density at radius 1 is 0.462 bits per heavy atom. The van der Waals surface area contributed by atoms with Gasteiger partial charge in [0.2, 0.25) is 0 Å². The topological polar surface area (TPSA) is 44.8 Å². The predicted octanol–water partition coefficient (Wildman–Crippen LogP) is 7.83. The van der Waals surface area contributed by atoms with Crippen LogP contribution in [0.5, 0.6) is 17.2 Å². The molecular formula is C35H30O4. The van der Waals surface area contributed by atoms with E-state index in [2.05, 4.69) is 0 Å². The lowest BCUT2D eigenvalue weighted by molar-refractivity contribution is 0.112. The molecule has 5 rings (SSSR count). The second-order valence-electron chi connectivity index (χ2n) is 9.29. The average molecular weight is 515 g/mol. The van der Waals surface area contributed by atoms with Crippen molar-refractivity contribution in [2.24, 2.45) is 0 Å². The van der Waals surface area contributed by atoms with Crippen molar-refractivity contribution < 1.29 is 19.0 Å². The molecule has 5 aromatic rings. The molecule has 0 unspecified atom stereocenters. The summed E-state index contributed by atoms with van der Waals surface area (Å²) >= 11 is 0. The Labute approximate surface area is 229 Å². The van der Waals surface area contributed by atoms with E-state index in [1.807, 2.05) is 127 Å². The van der Waals surface area contributed by atoms with E-state index >= 15 is 0 Å². The van der Waals surface area contributed by atoms with Crippen LogP contribution in [0.3, 0.4) is 0 Å². The van der Waals surface area contributed by atoms with Gasteiger partial charge in [0, 0.05) is 5.56 Å².